The van der Waals surface area contributed by atoms with E-state index in [4.69, 9.17) is 0 Å². The average molecular weight is 221 g/mol. The van der Waals surface area contributed by atoms with Gasteiger partial charge >= 0.3 is 0 Å². The van der Waals surface area contributed by atoms with Crippen molar-refractivity contribution in [2.45, 2.75) is 58.0 Å². The minimum absolute atomic E-state index is 0.668. The third-order valence-corrected chi connectivity index (χ3v) is 3.60. The van der Waals surface area contributed by atoms with E-state index in [-0.39, 0.29) is 0 Å². The quantitative estimate of drug-likeness (QED) is 0.828. The molecule has 0 spiro atoms. The summed E-state index contributed by atoms with van der Waals surface area (Å²) in [6, 6.07) is 2.86. The normalized spacial score (nSPS) is 25.1. The zero-order chi connectivity index (χ0) is 11.4. The van der Waals surface area contributed by atoms with E-state index in [9.17, 15) is 0 Å². The maximum atomic E-state index is 4.38. The summed E-state index contributed by atoms with van der Waals surface area (Å²) in [6.45, 7) is 6.52. The Bertz CT molecular complexity index is 319. The molecule has 1 N–H and O–H groups in total. The molecule has 2 atom stereocenters. The van der Waals surface area contributed by atoms with Crippen molar-refractivity contribution in [2.24, 2.45) is 0 Å². The molecule has 1 heterocycles. The Labute approximate surface area is 98.2 Å². The van der Waals surface area contributed by atoms with Crippen LogP contribution in [0.2, 0.25) is 0 Å². The largest absolute Gasteiger partial charge is 0.313 e. The summed E-state index contributed by atoms with van der Waals surface area (Å²) in [4.78, 5) is 0. The smallest absolute Gasteiger partial charge is 0.0492 e. The fourth-order valence-corrected chi connectivity index (χ4v) is 2.81. The van der Waals surface area contributed by atoms with Gasteiger partial charge in [0, 0.05) is 30.4 Å². The summed E-state index contributed by atoms with van der Waals surface area (Å²) >= 11 is 0. The lowest BCUT2D eigenvalue weighted by molar-refractivity contribution is 0.452. The Morgan fingerprint density at radius 2 is 2.31 bits per heavy atom. The van der Waals surface area contributed by atoms with E-state index in [1.54, 1.807) is 0 Å². The van der Waals surface area contributed by atoms with E-state index in [0.717, 1.165) is 13.1 Å². The van der Waals surface area contributed by atoms with Crippen molar-refractivity contribution >= 4 is 0 Å². The van der Waals surface area contributed by atoms with Gasteiger partial charge in [0.1, 0.15) is 0 Å². The molecule has 2 unspecified atom stereocenters. The van der Waals surface area contributed by atoms with Crippen molar-refractivity contribution in [2.75, 3.05) is 6.54 Å². The highest BCUT2D eigenvalue weighted by Crippen LogP contribution is 2.34. The predicted octanol–water partition coefficient (Wildman–Crippen LogP) is 2.54. The summed E-state index contributed by atoms with van der Waals surface area (Å²) in [5.74, 6) is 0.675. The minimum atomic E-state index is 0.668. The van der Waals surface area contributed by atoms with Crippen LogP contribution in [0.25, 0.3) is 0 Å². The standard InChI is InChI=1S/C13H23N3/c1-3-9-14-12-7-5-6-11(12)13-8-10-15-16(13)4-2/h8,10-12,14H,3-7,9H2,1-2H3. The van der Waals surface area contributed by atoms with Gasteiger partial charge in [0.2, 0.25) is 0 Å². The molecule has 3 heteroatoms. The number of aromatic nitrogens is 2. The summed E-state index contributed by atoms with van der Waals surface area (Å²) in [5, 5.41) is 8.06. The van der Waals surface area contributed by atoms with Gasteiger partial charge in [-0.2, -0.15) is 5.10 Å². The molecule has 0 bridgehead atoms. The van der Waals surface area contributed by atoms with Crippen molar-refractivity contribution in [1.29, 1.82) is 0 Å². The molecule has 2 rings (SSSR count). The molecule has 1 aliphatic rings. The molecule has 1 saturated carbocycles. The van der Waals surface area contributed by atoms with E-state index in [0.29, 0.717) is 12.0 Å². The topological polar surface area (TPSA) is 29.9 Å². The van der Waals surface area contributed by atoms with Crippen LogP contribution in [0.3, 0.4) is 0 Å². The molecular weight excluding hydrogens is 198 g/mol. The second-order valence-electron chi connectivity index (χ2n) is 4.67. The van der Waals surface area contributed by atoms with Crippen LogP contribution in [-0.4, -0.2) is 22.4 Å². The van der Waals surface area contributed by atoms with Gasteiger partial charge in [-0.05, 0) is 38.8 Å². The fraction of sp³-hybridized carbons (Fsp3) is 0.769. The predicted molar refractivity (Wildman–Crippen MR) is 66.6 cm³/mol. The molecule has 1 aromatic heterocycles. The van der Waals surface area contributed by atoms with E-state index >= 15 is 0 Å². The maximum absolute atomic E-state index is 4.38. The van der Waals surface area contributed by atoms with Gasteiger partial charge in [-0.3, -0.25) is 4.68 Å². The van der Waals surface area contributed by atoms with Gasteiger partial charge in [-0.15, -0.1) is 0 Å². The molecule has 0 radical (unpaired) electrons. The number of nitrogens with zero attached hydrogens (tertiary/aromatic N) is 2. The van der Waals surface area contributed by atoms with Crippen LogP contribution in [0.1, 0.15) is 51.1 Å². The number of hydrogen-bond acceptors (Lipinski definition) is 2. The van der Waals surface area contributed by atoms with Crippen molar-refractivity contribution in [3.05, 3.63) is 18.0 Å². The summed E-state index contributed by atoms with van der Waals surface area (Å²) < 4.78 is 2.15. The number of nitrogens with one attached hydrogen (secondary N) is 1. The molecule has 0 saturated heterocycles. The molecule has 1 aromatic rings. The molecule has 90 valence electrons. The molecule has 1 fully saturated rings. The Balaban J connectivity index is 2.07. The highest BCUT2D eigenvalue weighted by atomic mass is 15.3. The van der Waals surface area contributed by atoms with E-state index < -0.39 is 0 Å². The van der Waals surface area contributed by atoms with Crippen LogP contribution in [-0.2, 0) is 6.54 Å². The van der Waals surface area contributed by atoms with Gasteiger partial charge in [-0.1, -0.05) is 13.3 Å². The molecule has 0 aromatic carbocycles. The summed E-state index contributed by atoms with van der Waals surface area (Å²) in [6.07, 6.45) is 7.14. The zero-order valence-electron chi connectivity index (χ0n) is 10.4. The lowest BCUT2D eigenvalue weighted by Crippen LogP contribution is -2.32. The lowest BCUT2D eigenvalue weighted by Gasteiger charge is -2.21. The third-order valence-electron chi connectivity index (χ3n) is 3.60. The van der Waals surface area contributed by atoms with Crippen molar-refractivity contribution in [3.63, 3.8) is 0 Å². The number of rotatable bonds is 5. The van der Waals surface area contributed by atoms with E-state index in [1.807, 2.05) is 6.20 Å². The summed E-state index contributed by atoms with van der Waals surface area (Å²) in [7, 11) is 0. The van der Waals surface area contributed by atoms with Crippen LogP contribution >= 0.6 is 0 Å². The Kier molecular flexibility index (Phi) is 3.99. The highest BCUT2D eigenvalue weighted by Gasteiger charge is 2.29. The molecule has 16 heavy (non-hydrogen) atoms. The van der Waals surface area contributed by atoms with Gasteiger partial charge in [0.25, 0.3) is 0 Å². The monoisotopic (exact) mass is 221 g/mol. The fourth-order valence-electron chi connectivity index (χ4n) is 2.81. The molecule has 0 amide bonds. The zero-order valence-corrected chi connectivity index (χ0v) is 10.4. The first-order chi connectivity index (χ1) is 7.86. The molecule has 0 aliphatic heterocycles. The number of hydrogen-bond donors (Lipinski definition) is 1. The molecular formula is C13H23N3. The molecule has 1 aliphatic carbocycles. The maximum Gasteiger partial charge on any atom is 0.0492 e. The first kappa shape index (κ1) is 11.6. The summed E-state index contributed by atoms with van der Waals surface area (Å²) in [5.41, 5.74) is 1.42. The average Bonchev–Trinajstić information content (AvgIpc) is 2.93. The Hall–Kier alpha value is -0.830. The van der Waals surface area contributed by atoms with Gasteiger partial charge in [0.15, 0.2) is 0 Å². The van der Waals surface area contributed by atoms with Crippen molar-refractivity contribution in [1.82, 2.24) is 15.1 Å². The van der Waals surface area contributed by atoms with E-state index in [1.165, 1.54) is 31.4 Å². The highest BCUT2D eigenvalue weighted by molar-refractivity contribution is 5.13. The van der Waals surface area contributed by atoms with Crippen LogP contribution < -0.4 is 5.32 Å². The van der Waals surface area contributed by atoms with Crippen molar-refractivity contribution < 1.29 is 0 Å². The van der Waals surface area contributed by atoms with E-state index in [2.05, 4.69) is 35.0 Å². The Morgan fingerprint density at radius 3 is 3.06 bits per heavy atom. The van der Waals surface area contributed by atoms with Crippen LogP contribution in [0, 0.1) is 0 Å². The lowest BCUT2D eigenvalue weighted by atomic mass is 9.99. The second-order valence-corrected chi connectivity index (χ2v) is 4.67. The minimum Gasteiger partial charge on any atom is -0.313 e. The number of aryl methyl sites for hydroxylation is 1. The van der Waals surface area contributed by atoms with Gasteiger partial charge < -0.3 is 5.32 Å². The van der Waals surface area contributed by atoms with Crippen LogP contribution in [0.15, 0.2) is 12.3 Å². The Morgan fingerprint density at radius 1 is 1.44 bits per heavy atom. The first-order valence-electron chi connectivity index (χ1n) is 6.61. The van der Waals surface area contributed by atoms with Crippen LogP contribution in [0.5, 0.6) is 0 Å². The van der Waals surface area contributed by atoms with Gasteiger partial charge in [-0.25, -0.2) is 0 Å². The van der Waals surface area contributed by atoms with Crippen LogP contribution in [0.4, 0.5) is 0 Å². The second kappa shape index (κ2) is 5.48. The molecule has 3 nitrogen and oxygen atoms in total. The SMILES string of the molecule is CCCNC1CCCC1c1ccnn1CC. The third kappa shape index (κ3) is 2.29. The first-order valence-corrected chi connectivity index (χ1v) is 6.61. The van der Waals surface area contributed by atoms with Gasteiger partial charge in [0.05, 0.1) is 0 Å². The van der Waals surface area contributed by atoms with Crippen molar-refractivity contribution in [3.8, 4) is 0 Å².